The predicted octanol–water partition coefficient (Wildman–Crippen LogP) is 1.71. The maximum atomic E-state index is 11.6. The van der Waals surface area contributed by atoms with Crippen molar-refractivity contribution in [3.8, 4) is 0 Å². The summed E-state index contributed by atoms with van der Waals surface area (Å²) in [5, 5.41) is 11.3. The van der Waals surface area contributed by atoms with Crippen LogP contribution in [0.25, 0.3) is 0 Å². The third kappa shape index (κ3) is 8.97. The first kappa shape index (κ1) is 19.2. The largest absolute Gasteiger partial charge is 0.480 e. The van der Waals surface area contributed by atoms with E-state index in [0.717, 1.165) is 5.56 Å². The Morgan fingerprint density at radius 3 is 2.39 bits per heavy atom. The fourth-order valence-electron chi connectivity index (χ4n) is 1.83. The lowest BCUT2D eigenvalue weighted by atomic mass is 10.1. The summed E-state index contributed by atoms with van der Waals surface area (Å²) in [7, 11) is -4.08. The van der Waals surface area contributed by atoms with Crippen molar-refractivity contribution in [2.45, 2.75) is 31.9 Å². The number of hydrogen-bond acceptors (Lipinski definition) is 4. The van der Waals surface area contributed by atoms with Gasteiger partial charge in [0, 0.05) is 6.16 Å². The smallest absolute Gasteiger partial charge is 0.408 e. The minimum Gasteiger partial charge on any atom is -0.480 e. The van der Waals surface area contributed by atoms with Gasteiger partial charge in [0.2, 0.25) is 0 Å². The van der Waals surface area contributed by atoms with Gasteiger partial charge in [-0.25, -0.2) is 9.59 Å². The van der Waals surface area contributed by atoms with Crippen LogP contribution in [0.2, 0.25) is 0 Å². The topological polar surface area (TPSA) is 133 Å². The maximum absolute atomic E-state index is 11.6. The molecule has 1 rings (SSSR count). The molecule has 8 nitrogen and oxygen atoms in total. The summed E-state index contributed by atoms with van der Waals surface area (Å²) in [6, 6.07) is 7.78. The quantitative estimate of drug-likeness (QED) is 0.395. The number of amides is 1. The first-order valence-electron chi connectivity index (χ1n) is 7.02. The van der Waals surface area contributed by atoms with Crippen LogP contribution in [0.4, 0.5) is 4.79 Å². The molecule has 0 heterocycles. The molecule has 1 aromatic rings. The number of alkyl carbamates (subject to hydrolysis) is 1. The molecule has 0 saturated heterocycles. The molecule has 0 saturated carbocycles. The summed E-state index contributed by atoms with van der Waals surface area (Å²) < 4.78 is 15.6. The van der Waals surface area contributed by atoms with Crippen molar-refractivity contribution in [2.24, 2.45) is 0 Å². The lowest BCUT2D eigenvalue weighted by molar-refractivity contribution is -0.139. The maximum Gasteiger partial charge on any atom is 0.408 e. The zero-order chi connectivity index (χ0) is 17.3. The minimum absolute atomic E-state index is 0.0250. The molecule has 0 spiro atoms. The lowest BCUT2D eigenvalue weighted by Crippen LogP contribution is -2.41. The van der Waals surface area contributed by atoms with Crippen molar-refractivity contribution in [3.05, 3.63) is 35.9 Å². The van der Waals surface area contributed by atoms with E-state index in [1.54, 1.807) is 24.3 Å². The number of carboxylic acids is 1. The number of benzene rings is 1. The molecule has 0 aliphatic carbocycles. The molecule has 0 aromatic heterocycles. The van der Waals surface area contributed by atoms with Crippen LogP contribution in [0.15, 0.2) is 30.3 Å². The van der Waals surface area contributed by atoms with Gasteiger partial charge in [-0.2, -0.15) is 0 Å². The Balaban J connectivity index is 2.35. The van der Waals surface area contributed by atoms with Crippen molar-refractivity contribution in [2.75, 3.05) is 6.16 Å². The monoisotopic (exact) mass is 345 g/mol. The molecule has 1 aromatic carbocycles. The van der Waals surface area contributed by atoms with Gasteiger partial charge in [-0.15, -0.1) is 0 Å². The van der Waals surface area contributed by atoms with Gasteiger partial charge in [-0.1, -0.05) is 36.8 Å². The van der Waals surface area contributed by atoms with Crippen molar-refractivity contribution in [3.63, 3.8) is 0 Å². The summed E-state index contributed by atoms with van der Waals surface area (Å²) >= 11 is 0. The summed E-state index contributed by atoms with van der Waals surface area (Å²) in [4.78, 5) is 40.1. The Bertz CT molecular complexity index is 558. The van der Waals surface area contributed by atoms with Crippen LogP contribution >= 0.6 is 7.60 Å². The fourth-order valence-corrected chi connectivity index (χ4v) is 2.47. The van der Waals surface area contributed by atoms with E-state index in [4.69, 9.17) is 19.6 Å². The lowest BCUT2D eigenvalue weighted by Gasteiger charge is -2.14. The number of unbranched alkanes of at least 4 members (excludes halogenated alkanes) is 1. The number of carbonyl (C=O) groups excluding carboxylic acids is 1. The number of carboxylic acid groups (broad SMARTS) is 1. The first-order valence-corrected chi connectivity index (χ1v) is 8.82. The Labute approximate surface area is 133 Å². The second-order valence-corrected chi connectivity index (χ2v) is 6.76. The molecular formula is C14H20NO7P. The van der Waals surface area contributed by atoms with Gasteiger partial charge in [0.25, 0.3) is 0 Å². The van der Waals surface area contributed by atoms with Gasteiger partial charge < -0.3 is 24.9 Å². The highest BCUT2D eigenvalue weighted by molar-refractivity contribution is 7.51. The third-order valence-corrected chi connectivity index (χ3v) is 3.89. The number of carbonyl (C=O) groups is 2. The van der Waals surface area contributed by atoms with Crippen LogP contribution in [0.1, 0.15) is 24.8 Å². The summed E-state index contributed by atoms with van der Waals surface area (Å²) in [6.45, 7) is 0.0250. The third-order valence-electron chi connectivity index (χ3n) is 3.00. The molecule has 1 amide bonds. The standard InChI is InChI=1S/C14H20NO7P/c16-13(17)12(8-4-5-9-23(19,20)21)15-14(18)22-10-11-6-2-1-3-7-11/h1-3,6-7,12H,4-5,8-10H2,(H,15,18)(H,16,17)(H2,19,20,21)/t12-/m0/s1. The van der Waals surface area contributed by atoms with Crippen LogP contribution in [0, 0.1) is 0 Å². The highest BCUT2D eigenvalue weighted by atomic mass is 31.2. The molecule has 1 atom stereocenters. The SMILES string of the molecule is O=C(N[C@@H](CCCCP(=O)(O)O)C(=O)O)OCc1ccccc1. The predicted molar refractivity (Wildman–Crippen MR) is 81.9 cm³/mol. The number of aliphatic carboxylic acids is 1. The summed E-state index contributed by atoms with van der Waals surface area (Å²) in [5.41, 5.74) is 0.774. The van der Waals surface area contributed by atoms with Gasteiger partial charge in [-0.3, -0.25) is 4.57 Å². The molecule has 0 aliphatic rings. The van der Waals surface area contributed by atoms with Gasteiger partial charge in [0.1, 0.15) is 12.6 Å². The van der Waals surface area contributed by atoms with Crippen molar-refractivity contribution in [1.29, 1.82) is 0 Å². The average molecular weight is 345 g/mol. The average Bonchev–Trinajstić information content (AvgIpc) is 2.48. The van der Waals surface area contributed by atoms with Crippen LogP contribution < -0.4 is 5.32 Å². The van der Waals surface area contributed by atoms with Crippen molar-refractivity contribution in [1.82, 2.24) is 5.32 Å². The normalized spacial score (nSPS) is 12.4. The minimum atomic E-state index is -4.08. The van der Waals surface area contributed by atoms with Gasteiger partial charge >= 0.3 is 19.7 Å². The highest BCUT2D eigenvalue weighted by Crippen LogP contribution is 2.35. The van der Waals surface area contributed by atoms with Gasteiger partial charge in [0.15, 0.2) is 0 Å². The zero-order valence-electron chi connectivity index (χ0n) is 12.4. The first-order chi connectivity index (χ1) is 10.8. The molecule has 0 radical (unpaired) electrons. The van der Waals surface area contributed by atoms with Crippen LogP contribution in [-0.4, -0.2) is 39.2 Å². The number of nitrogens with one attached hydrogen (secondary N) is 1. The van der Waals surface area contributed by atoms with E-state index in [1.165, 1.54) is 0 Å². The molecule has 0 aliphatic heterocycles. The van der Waals surface area contributed by atoms with Crippen LogP contribution in [0.3, 0.4) is 0 Å². The Hall–Kier alpha value is -1.89. The fraction of sp³-hybridized carbons (Fsp3) is 0.429. The Morgan fingerprint density at radius 1 is 1.17 bits per heavy atom. The molecule has 0 unspecified atom stereocenters. The molecule has 23 heavy (non-hydrogen) atoms. The molecular weight excluding hydrogens is 325 g/mol. The zero-order valence-corrected chi connectivity index (χ0v) is 13.3. The van der Waals surface area contributed by atoms with Gasteiger partial charge in [-0.05, 0) is 18.4 Å². The van der Waals surface area contributed by atoms with E-state index >= 15 is 0 Å². The summed E-state index contributed by atoms with van der Waals surface area (Å²) in [6.07, 6.45) is -0.653. The van der Waals surface area contributed by atoms with E-state index in [1.807, 2.05) is 6.07 Å². The van der Waals surface area contributed by atoms with E-state index < -0.39 is 25.7 Å². The van der Waals surface area contributed by atoms with Crippen LogP contribution in [0.5, 0.6) is 0 Å². The van der Waals surface area contributed by atoms with E-state index in [0.29, 0.717) is 0 Å². The molecule has 0 fully saturated rings. The van der Waals surface area contributed by atoms with E-state index in [-0.39, 0.29) is 32.0 Å². The molecule has 128 valence electrons. The van der Waals surface area contributed by atoms with Gasteiger partial charge in [0.05, 0.1) is 0 Å². The second-order valence-electron chi connectivity index (χ2n) is 4.98. The number of ether oxygens (including phenoxy) is 1. The van der Waals surface area contributed by atoms with Crippen molar-refractivity contribution < 1.29 is 33.8 Å². The Kier molecular flexibility index (Phi) is 7.74. The molecule has 0 bridgehead atoms. The van der Waals surface area contributed by atoms with E-state index in [2.05, 4.69) is 5.32 Å². The summed E-state index contributed by atoms with van der Waals surface area (Å²) in [5.74, 6) is -1.22. The Morgan fingerprint density at radius 2 is 1.83 bits per heavy atom. The van der Waals surface area contributed by atoms with Crippen LogP contribution in [-0.2, 0) is 20.7 Å². The second kappa shape index (κ2) is 9.29. The molecule has 9 heteroatoms. The highest BCUT2D eigenvalue weighted by Gasteiger charge is 2.21. The van der Waals surface area contributed by atoms with E-state index in [9.17, 15) is 14.2 Å². The number of rotatable bonds is 9. The molecule has 4 N–H and O–H groups in total. The van der Waals surface area contributed by atoms with Crippen molar-refractivity contribution >= 4 is 19.7 Å². The number of hydrogen-bond donors (Lipinski definition) is 4.